The molecule has 2 aromatic carbocycles. The Morgan fingerprint density at radius 2 is 2.04 bits per heavy atom. The van der Waals surface area contributed by atoms with Crippen molar-refractivity contribution in [2.45, 2.75) is 5.16 Å². The first kappa shape index (κ1) is 17.5. The molecule has 0 saturated heterocycles. The quantitative estimate of drug-likeness (QED) is 0.393. The van der Waals surface area contributed by atoms with Crippen molar-refractivity contribution >= 4 is 61.4 Å². The van der Waals surface area contributed by atoms with Gasteiger partial charge >= 0.3 is 5.97 Å². The second-order valence-electron chi connectivity index (χ2n) is 5.59. The van der Waals surface area contributed by atoms with Crippen LogP contribution in [0.25, 0.3) is 21.3 Å². The van der Waals surface area contributed by atoms with Gasteiger partial charge in [0.1, 0.15) is 0 Å². The van der Waals surface area contributed by atoms with E-state index in [4.69, 9.17) is 4.74 Å². The van der Waals surface area contributed by atoms with Crippen molar-refractivity contribution in [1.29, 1.82) is 0 Å². The third-order valence-corrected chi connectivity index (χ3v) is 5.57. The predicted molar refractivity (Wildman–Crippen MR) is 106 cm³/mol. The highest BCUT2D eigenvalue weighted by molar-refractivity contribution is 7.99. The smallest absolute Gasteiger partial charge is 0.337 e. The van der Waals surface area contributed by atoms with Gasteiger partial charge in [-0.15, -0.1) is 0 Å². The molecule has 4 aromatic rings. The van der Waals surface area contributed by atoms with E-state index >= 15 is 0 Å². The summed E-state index contributed by atoms with van der Waals surface area (Å²) in [4.78, 5) is 35.8. The van der Waals surface area contributed by atoms with Gasteiger partial charge in [0.05, 0.1) is 39.7 Å². The van der Waals surface area contributed by atoms with Crippen LogP contribution in [0.5, 0.6) is 0 Å². The van der Waals surface area contributed by atoms with Gasteiger partial charge in [0.25, 0.3) is 0 Å². The van der Waals surface area contributed by atoms with Crippen LogP contribution in [-0.2, 0) is 9.53 Å². The molecular weight excluding hydrogens is 384 g/mol. The summed E-state index contributed by atoms with van der Waals surface area (Å²) >= 11 is 2.64. The molecule has 0 fully saturated rings. The number of aromatic nitrogens is 3. The van der Waals surface area contributed by atoms with Gasteiger partial charge in [-0.1, -0.05) is 35.2 Å². The summed E-state index contributed by atoms with van der Waals surface area (Å²) < 4.78 is 5.52. The Balaban J connectivity index is 1.42. The summed E-state index contributed by atoms with van der Waals surface area (Å²) in [6, 6.07) is 12.8. The standard InChI is InChI=1S/C18H14N4O3S2/c1-25-16(24)10-6-7-13-14(8-10)27-18(21-13)22-15(23)9-26-17-19-11-4-2-3-5-12(11)20-17/h2-8H,9H2,1H3,(H,19,20)(H,21,22,23). The summed E-state index contributed by atoms with van der Waals surface area (Å²) in [6.45, 7) is 0. The summed E-state index contributed by atoms with van der Waals surface area (Å²) in [5.74, 6) is -0.366. The van der Waals surface area contributed by atoms with Crippen LogP contribution in [0.15, 0.2) is 47.6 Å². The van der Waals surface area contributed by atoms with Crippen molar-refractivity contribution in [1.82, 2.24) is 15.0 Å². The van der Waals surface area contributed by atoms with E-state index in [0.29, 0.717) is 21.4 Å². The molecule has 0 aliphatic rings. The molecule has 2 heterocycles. The van der Waals surface area contributed by atoms with Crippen LogP contribution < -0.4 is 5.32 Å². The van der Waals surface area contributed by atoms with Crippen LogP contribution in [0.3, 0.4) is 0 Å². The molecule has 9 heteroatoms. The minimum atomic E-state index is -0.405. The molecule has 0 radical (unpaired) electrons. The number of aromatic amines is 1. The molecule has 2 aromatic heterocycles. The van der Waals surface area contributed by atoms with Crippen LogP contribution in [-0.4, -0.2) is 39.7 Å². The zero-order chi connectivity index (χ0) is 18.8. The lowest BCUT2D eigenvalue weighted by Crippen LogP contribution is -2.13. The van der Waals surface area contributed by atoms with Gasteiger partial charge in [-0.05, 0) is 30.3 Å². The fourth-order valence-corrected chi connectivity index (χ4v) is 4.12. The predicted octanol–water partition coefficient (Wildman–Crippen LogP) is 3.69. The first-order valence-corrected chi connectivity index (χ1v) is 9.79. The van der Waals surface area contributed by atoms with Gasteiger partial charge in [0, 0.05) is 0 Å². The summed E-state index contributed by atoms with van der Waals surface area (Å²) in [5.41, 5.74) is 2.97. The first-order valence-electron chi connectivity index (χ1n) is 7.99. The number of anilines is 1. The molecule has 0 bridgehead atoms. The number of esters is 1. The summed E-state index contributed by atoms with van der Waals surface area (Å²) in [7, 11) is 1.34. The fraction of sp³-hybridized carbons (Fsp3) is 0.111. The minimum absolute atomic E-state index is 0.173. The number of fused-ring (bicyclic) bond motifs is 2. The number of carbonyl (C=O) groups is 2. The van der Waals surface area contributed by atoms with E-state index in [1.54, 1.807) is 18.2 Å². The van der Waals surface area contributed by atoms with Crippen LogP contribution >= 0.6 is 23.1 Å². The molecule has 0 atom stereocenters. The van der Waals surface area contributed by atoms with Gasteiger partial charge < -0.3 is 15.0 Å². The number of rotatable bonds is 5. The Morgan fingerprint density at radius 1 is 1.19 bits per heavy atom. The maximum Gasteiger partial charge on any atom is 0.337 e. The summed E-state index contributed by atoms with van der Waals surface area (Å²) in [5, 5.41) is 3.97. The molecule has 0 spiro atoms. The highest BCUT2D eigenvalue weighted by Crippen LogP contribution is 2.27. The molecule has 136 valence electrons. The van der Waals surface area contributed by atoms with E-state index in [-0.39, 0.29) is 11.7 Å². The van der Waals surface area contributed by atoms with E-state index in [2.05, 4.69) is 20.3 Å². The molecule has 2 N–H and O–H groups in total. The lowest BCUT2D eigenvalue weighted by molar-refractivity contribution is -0.113. The molecule has 0 aliphatic heterocycles. The van der Waals surface area contributed by atoms with Crippen LogP contribution in [0.2, 0.25) is 0 Å². The third-order valence-electron chi connectivity index (χ3n) is 3.76. The Bertz CT molecular complexity index is 1120. The fourth-order valence-electron chi connectivity index (χ4n) is 2.51. The Kier molecular flexibility index (Phi) is 4.78. The number of methoxy groups -OCH3 is 1. The van der Waals surface area contributed by atoms with E-state index in [1.165, 1.54) is 30.2 Å². The maximum absolute atomic E-state index is 12.2. The Morgan fingerprint density at radius 3 is 2.85 bits per heavy atom. The van der Waals surface area contributed by atoms with Gasteiger partial charge in [-0.2, -0.15) is 0 Å². The molecule has 4 rings (SSSR count). The van der Waals surface area contributed by atoms with Crippen molar-refractivity contribution in [3.05, 3.63) is 48.0 Å². The number of nitrogens with zero attached hydrogens (tertiary/aromatic N) is 2. The van der Waals surface area contributed by atoms with Crippen molar-refractivity contribution in [3.8, 4) is 0 Å². The van der Waals surface area contributed by atoms with Crippen LogP contribution in [0, 0.1) is 0 Å². The largest absolute Gasteiger partial charge is 0.465 e. The highest BCUT2D eigenvalue weighted by atomic mass is 32.2. The number of ether oxygens (including phenoxy) is 1. The molecule has 27 heavy (non-hydrogen) atoms. The number of amides is 1. The van der Waals surface area contributed by atoms with Crippen LogP contribution in [0.1, 0.15) is 10.4 Å². The average Bonchev–Trinajstić information content (AvgIpc) is 3.27. The molecular formula is C18H14N4O3S2. The molecule has 0 aliphatic carbocycles. The number of carbonyl (C=O) groups excluding carboxylic acids is 2. The van der Waals surface area contributed by atoms with Crippen molar-refractivity contribution in [3.63, 3.8) is 0 Å². The van der Waals surface area contributed by atoms with E-state index in [0.717, 1.165) is 15.7 Å². The van der Waals surface area contributed by atoms with Gasteiger partial charge in [0.2, 0.25) is 5.91 Å². The van der Waals surface area contributed by atoms with Crippen molar-refractivity contribution < 1.29 is 14.3 Å². The van der Waals surface area contributed by atoms with E-state index < -0.39 is 5.97 Å². The molecule has 0 saturated carbocycles. The monoisotopic (exact) mass is 398 g/mol. The third kappa shape index (κ3) is 3.79. The average molecular weight is 398 g/mol. The number of thiazole rings is 1. The first-order chi connectivity index (χ1) is 13.1. The molecule has 0 unspecified atom stereocenters. The lowest BCUT2D eigenvalue weighted by atomic mass is 10.2. The van der Waals surface area contributed by atoms with E-state index in [1.807, 2.05) is 24.3 Å². The topological polar surface area (TPSA) is 97.0 Å². The second-order valence-corrected chi connectivity index (χ2v) is 7.58. The van der Waals surface area contributed by atoms with E-state index in [9.17, 15) is 9.59 Å². The van der Waals surface area contributed by atoms with Crippen molar-refractivity contribution in [2.24, 2.45) is 0 Å². The van der Waals surface area contributed by atoms with Gasteiger partial charge in [-0.3, -0.25) is 4.79 Å². The number of hydrogen-bond acceptors (Lipinski definition) is 7. The second kappa shape index (κ2) is 7.37. The number of H-pyrrole nitrogens is 1. The SMILES string of the molecule is COC(=O)c1ccc2nc(NC(=O)CSc3nc4ccccc4[nH]3)sc2c1. The number of benzene rings is 2. The number of para-hydroxylation sites is 2. The van der Waals surface area contributed by atoms with Crippen molar-refractivity contribution in [2.75, 3.05) is 18.2 Å². The highest BCUT2D eigenvalue weighted by Gasteiger charge is 2.12. The minimum Gasteiger partial charge on any atom is -0.465 e. The maximum atomic E-state index is 12.2. The van der Waals surface area contributed by atoms with Gasteiger partial charge in [0.15, 0.2) is 10.3 Å². The van der Waals surface area contributed by atoms with Crippen LogP contribution in [0.4, 0.5) is 5.13 Å². The lowest BCUT2D eigenvalue weighted by Gasteiger charge is -1.99. The number of thioether (sulfide) groups is 1. The molecule has 1 amide bonds. The Labute approximate surface area is 162 Å². The zero-order valence-electron chi connectivity index (χ0n) is 14.2. The number of imidazole rings is 1. The van der Waals surface area contributed by atoms with Gasteiger partial charge in [-0.25, -0.2) is 14.8 Å². The normalized spacial score (nSPS) is 11.0. The number of hydrogen-bond donors (Lipinski definition) is 2. The number of nitrogens with one attached hydrogen (secondary N) is 2. The Hall–Kier alpha value is -2.91. The molecule has 7 nitrogen and oxygen atoms in total. The zero-order valence-corrected chi connectivity index (χ0v) is 15.8. The summed E-state index contributed by atoms with van der Waals surface area (Å²) in [6.07, 6.45) is 0.